The van der Waals surface area contributed by atoms with Gasteiger partial charge in [-0.05, 0) is 62.2 Å². The normalized spacial score (nSPS) is 11.4. The number of nitrogens with zero attached hydrogens (tertiary/aromatic N) is 4. The molecule has 0 spiro atoms. The highest BCUT2D eigenvalue weighted by molar-refractivity contribution is 5.69. The van der Waals surface area contributed by atoms with Crippen molar-refractivity contribution < 1.29 is 9.13 Å². The van der Waals surface area contributed by atoms with Gasteiger partial charge in [0.05, 0.1) is 30.5 Å². The molecule has 0 saturated carbocycles. The van der Waals surface area contributed by atoms with Gasteiger partial charge in [0.25, 0.3) is 0 Å². The Bertz CT molecular complexity index is 1240. The number of aromatic nitrogens is 4. The average molecular weight is 417 g/mol. The van der Waals surface area contributed by atoms with Gasteiger partial charge in [-0.25, -0.2) is 14.4 Å². The van der Waals surface area contributed by atoms with E-state index >= 15 is 0 Å². The molecule has 5 nitrogen and oxygen atoms in total. The van der Waals surface area contributed by atoms with Crippen LogP contribution < -0.4 is 4.74 Å². The zero-order valence-electron chi connectivity index (χ0n) is 18.1. The van der Waals surface area contributed by atoms with Gasteiger partial charge >= 0.3 is 0 Å². The molecule has 0 saturated heterocycles. The lowest BCUT2D eigenvalue weighted by Gasteiger charge is -2.10. The number of imidazole rings is 2. The van der Waals surface area contributed by atoms with Crippen LogP contribution in [0.2, 0.25) is 0 Å². The number of hydrogen-bond acceptors (Lipinski definition) is 3. The summed E-state index contributed by atoms with van der Waals surface area (Å²) in [6.07, 6.45) is 7.76. The maximum Gasteiger partial charge on any atom is 0.143 e. The summed E-state index contributed by atoms with van der Waals surface area (Å²) in [5.41, 5.74) is 5.98. The molecule has 0 atom stereocenters. The summed E-state index contributed by atoms with van der Waals surface area (Å²) in [5, 5.41) is 0. The molecule has 4 aromatic rings. The summed E-state index contributed by atoms with van der Waals surface area (Å²) >= 11 is 0. The van der Waals surface area contributed by atoms with E-state index in [0.717, 1.165) is 45.5 Å². The molecule has 0 aliphatic heterocycles. The van der Waals surface area contributed by atoms with Gasteiger partial charge in [-0.2, -0.15) is 0 Å². The van der Waals surface area contributed by atoms with Crippen molar-refractivity contribution in [3.8, 4) is 11.4 Å². The van der Waals surface area contributed by atoms with Crippen molar-refractivity contribution in [2.45, 2.75) is 27.3 Å². The molecular formula is C25H25FN4O. The molecule has 6 heteroatoms. The van der Waals surface area contributed by atoms with Crippen molar-refractivity contribution in [3.63, 3.8) is 0 Å². The predicted molar refractivity (Wildman–Crippen MR) is 121 cm³/mol. The van der Waals surface area contributed by atoms with E-state index in [1.165, 1.54) is 12.1 Å². The SMILES string of the molecule is COc1cc(/C=C/c2nc(C)c(C)n2Cc2ccc(F)cc2)ccc1-n1cnc(C)c1. The van der Waals surface area contributed by atoms with Crippen LogP contribution in [0.4, 0.5) is 4.39 Å². The fourth-order valence-electron chi connectivity index (χ4n) is 3.51. The van der Waals surface area contributed by atoms with Crippen LogP contribution in [0.3, 0.4) is 0 Å². The van der Waals surface area contributed by atoms with Crippen molar-refractivity contribution in [2.75, 3.05) is 7.11 Å². The topological polar surface area (TPSA) is 44.9 Å². The quantitative estimate of drug-likeness (QED) is 0.425. The molecule has 158 valence electrons. The minimum absolute atomic E-state index is 0.231. The summed E-state index contributed by atoms with van der Waals surface area (Å²) in [6, 6.07) is 12.6. The van der Waals surface area contributed by atoms with Crippen LogP contribution in [0.5, 0.6) is 5.75 Å². The Balaban J connectivity index is 1.62. The first-order valence-electron chi connectivity index (χ1n) is 10.1. The highest BCUT2D eigenvalue weighted by atomic mass is 19.1. The van der Waals surface area contributed by atoms with E-state index in [4.69, 9.17) is 9.72 Å². The third-order valence-electron chi connectivity index (χ3n) is 5.36. The van der Waals surface area contributed by atoms with E-state index in [1.54, 1.807) is 25.6 Å². The molecule has 0 amide bonds. The van der Waals surface area contributed by atoms with Gasteiger partial charge in [0.2, 0.25) is 0 Å². The van der Waals surface area contributed by atoms with Gasteiger partial charge in [0.1, 0.15) is 17.4 Å². The highest BCUT2D eigenvalue weighted by Gasteiger charge is 2.10. The maximum absolute atomic E-state index is 13.3. The summed E-state index contributed by atoms with van der Waals surface area (Å²) in [5.74, 6) is 1.39. The summed E-state index contributed by atoms with van der Waals surface area (Å²) in [7, 11) is 1.66. The van der Waals surface area contributed by atoms with Crippen molar-refractivity contribution in [1.29, 1.82) is 0 Å². The summed E-state index contributed by atoms with van der Waals surface area (Å²) < 4.78 is 22.9. The summed E-state index contributed by atoms with van der Waals surface area (Å²) in [4.78, 5) is 9.00. The second kappa shape index (κ2) is 8.60. The van der Waals surface area contributed by atoms with Crippen molar-refractivity contribution in [1.82, 2.24) is 19.1 Å². The molecule has 2 aromatic heterocycles. The van der Waals surface area contributed by atoms with E-state index in [0.29, 0.717) is 6.54 Å². The second-order valence-corrected chi connectivity index (χ2v) is 7.54. The first-order chi connectivity index (χ1) is 14.9. The Kier molecular flexibility index (Phi) is 5.71. The van der Waals surface area contributed by atoms with E-state index < -0.39 is 0 Å². The van der Waals surface area contributed by atoms with Gasteiger partial charge in [-0.1, -0.05) is 24.3 Å². The number of aryl methyl sites for hydroxylation is 2. The van der Waals surface area contributed by atoms with Gasteiger partial charge in [-0.3, -0.25) is 0 Å². The molecule has 2 aromatic carbocycles. The zero-order chi connectivity index (χ0) is 22.0. The lowest BCUT2D eigenvalue weighted by molar-refractivity contribution is 0.413. The molecule has 0 unspecified atom stereocenters. The van der Waals surface area contributed by atoms with Crippen LogP contribution in [0.25, 0.3) is 17.8 Å². The maximum atomic E-state index is 13.3. The standard InChI is InChI=1S/C25H25FN4O/c1-17-14-29(16-27-17)23-11-7-20(13-24(23)31-4)8-12-25-28-18(2)19(3)30(25)15-21-5-9-22(26)10-6-21/h5-14,16H,15H2,1-4H3/b12-8+. The molecule has 2 heterocycles. The molecule has 4 rings (SSSR count). The van der Waals surface area contributed by atoms with Crippen molar-refractivity contribution >= 4 is 12.2 Å². The van der Waals surface area contributed by atoms with Crippen molar-refractivity contribution in [3.05, 3.63) is 94.8 Å². The Hall–Kier alpha value is -3.67. The fraction of sp³-hybridized carbons (Fsp3) is 0.200. The smallest absolute Gasteiger partial charge is 0.143 e. The number of ether oxygens (including phenoxy) is 1. The number of benzene rings is 2. The van der Waals surface area contributed by atoms with Gasteiger partial charge in [0, 0.05) is 18.4 Å². The molecule has 31 heavy (non-hydrogen) atoms. The molecular weight excluding hydrogens is 391 g/mol. The Morgan fingerprint density at radius 3 is 2.48 bits per heavy atom. The Morgan fingerprint density at radius 2 is 1.81 bits per heavy atom. The molecule has 0 fully saturated rings. The molecule has 0 N–H and O–H groups in total. The molecule has 0 aliphatic carbocycles. The lowest BCUT2D eigenvalue weighted by atomic mass is 10.1. The minimum atomic E-state index is -0.231. The second-order valence-electron chi connectivity index (χ2n) is 7.54. The van der Waals surface area contributed by atoms with Crippen LogP contribution in [-0.2, 0) is 6.54 Å². The largest absolute Gasteiger partial charge is 0.495 e. The molecule has 0 bridgehead atoms. The Labute approximate surface area is 181 Å². The predicted octanol–water partition coefficient (Wildman–Crippen LogP) is 5.36. The average Bonchev–Trinajstić information content (AvgIpc) is 3.31. The third kappa shape index (κ3) is 4.43. The zero-order valence-corrected chi connectivity index (χ0v) is 18.1. The Morgan fingerprint density at radius 1 is 1.03 bits per heavy atom. The number of halogens is 1. The third-order valence-corrected chi connectivity index (χ3v) is 5.36. The monoisotopic (exact) mass is 416 g/mol. The lowest BCUT2D eigenvalue weighted by Crippen LogP contribution is -2.04. The fourth-order valence-corrected chi connectivity index (χ4v) is 3.51. The van der Waals surface area contributed by atoms with Crippen LogP contribution >= 0.6 is 0 Å². The van der Waals surface area contributed by atoms with E-state index in [2.05, 4.69) is 9.55 Å². The number of methoxy groups -OCH3 is 1. The first kappa shape index (κ1) is 20.6. The van der Waals surface area contributed by atoms with E-state index in [1.807, 2.05) is 61.9 Å². The first-order valence-corrected chi connectivity index (χ1v) is 10.1. The van der Waals surface area contributed by atoms with Gasteiger partial charge < -0.3 is 13.9 Å². The minimum Gasteiger partial charge on any atom is -0.495 e. The van der Waals surface area contributed by atoms with Gasteiger partial charge in [0.15, 0.2) is 0 Å². The van der Waals surface area contributed by atoms with E-state index in [-0.39, 0.29) is 5.82 Å². The van der Waals surface area contributed by atoms with E-state index in [9.17, 15) is 4.39 Å². The van der Waals surface area contributed by atoms with Crippen LogP contribution in [-0.4, -0.2) is 26.2 Å². The van der Waals surface area contributed by atoms with Crippen molar-refractivity contribution in [2.24, 2.45) is 0 Å². The van der Waals surface area contributed by atoms with Gasteiger partial charge in [-0.15, -0.1) is 0 Å². The van der Waals surface area contributed by atoms with Crippen LogP contribution in [0.1, 0.15) is 34.0 Å². The van der Waals surface area contributed by atoms with Crippen LogP contribution in [0, 0.1) is 26.6 Å². The van der Waals surface area contributed by atoms with Crippen LogP contribution in [0.15, 0.2) is 55.0 Å². The summed E-state index contributed by atoms with van der Waals surface area (Å²) in [6.45, 7) is 6.64. The number of hydrogen-bond donors (Lipinski definition) is 0. The molecule has 0 aliphatic rings. The highest BCUT2D eigenvalue weighted by Crippen LogP contribution is 2.26. The molecule has 0 radical (unpaired) electrons. The number of rotatable bonds is 6.